The molecular weight excluding hydrogens is 360 g/mol. The number of thioether (sulfide) groups is 1. The summed E-state index contributed by atoms with van der Waals surface area (Å²) in [4.78, 5) is 12.3. The first-order chi connectivity index (χ1) is 13.1. The second kappa shape index (κ2) is 8.73. The summed E-state index contributed by atoms with van der Waals surface area (Å²) in [7, 11) is 1.64. The molecule has 1 heterocycles. The lowest BCUT2D eigenvalue weighted by Crippen LogP contribution is -2.14. The van der Waals surface area contributed by atoms with Gasteiger partial charge in [-0.15, -0.1) is 10.2 Å². The Kier molecular flexibility index (Phi) is 6.13. The van der Waals surface area contributed by atoms with Gasteiger partial charge in [-0.3, -0.25) is 4.79 Å². The molecule has 0 radical (unpaired) electrons. The lowest BCUT2D eigenvalue weighted by molar-refractivity contribution is -0.113. The molecule has 0 aliphatic carbocycles. The Morgan fingerprint density at radius 2 is 2.00 bits per heavy atom. The second-order valence-corrected chi connectivity index (χ2v) is 6.93. The molecule has 1 N–H and O–H groups in total. The Morgan fingerprint density at radius 1 is 1.19 bits per heavy atom. The lowest BCUT2D eigenvalue weighted by Gasteiger charge is -2.09. The van der Waals surface area contributed by atoms with Crippen molar-refractivity contribution < 1.29 is 9.53 Å². The molecule has 0 aliphatic heterocycles. The van der Waals surface area contributed by atoms with E-state index in [2.05, 4.69) is 15.5 Å². The van der Waals surface area contributed by atoms with E-state index >= 15 is 0 Å². The molecule has 0 bridgehead atoms. The van der Waals surface area contributed by atoms with Crippen molar-refractivity contribution in [3.05, 3.63) is 54.1 Å². The summed E-state index contributed by atoms with van der Waals surface area (Å²) in [5.74, 6) is 1.73. The van der Waals surface area contributed by atoms with Crippen molar-refractivity contribution in [2.24, 2.45) is 0 Å². The molecule has 7 heteroatoms. The number of hydrogen-bond acceptors (Lipinski definition) is 5. The van der Waals surface area contributed by atoms with Crippen LogP contribution in [0.5, 0.6) is 5.75 Å². The standard InChI is InChI=1S/C20H22N4O2S/c1-4-24-19(15-8-6-10-17(12-15)26-3)22-23-20(24)27-13-18(25)21-16-9-5-7-14(2)11-16/h5-12H,4,13H2,1-3H3,(H,21,25). The van der Waals surface area contributed by atoms with Crippen LogP contribution in [0, 0.1) is 6.92 Å². The van der Waals surface area contributed by atoms with Crippen molar-refractivity contribution in [2.45, 2.75) is 25.5 Å². The molecule has 3 aromatic rings. The highest BCUT2D eigenvalue weighted by atomic mass is 32.2. The Bertz CT molecular complexity index is 939. The average Bonchev–Trinajstić information content (AvgIpc) is 3.09. The zero-order valence-corrected chi connectivity index (χ0v) is 16.4. The second-order valence-electron chi connectivity index (χ2n) is 5.99. The summed E-state index contributed by atoms with van der Waals surface area (Å²) in [5, 5.41) is 12.2. The van der Waals surface area contributed by atoms with Crippen molar-refractivity contribution in [1.82, 2.24) is 14.8 Å². The Labute approximate surface area is 163 Å². The Morgan fingerprint density at radius 3 is 2.74 bits per heavy atom. The molecule has 0 aliphatic rings. The number of aromatic nitrogens is 3. The number of nitrogens with one attached hydrogen (secondary N) is 1. The van der Waals surface area contributed by atoms with Gasteiger partial charge in [0.15, 0.2) is 11.0 Å². The predicted molar refractivity (Wildman–Crippen MR) is 108 cm³/mol. The van der Waals surface area contributed by atoms with Gasteiger partial charge >= 0.3 is 0 Å². The van der Waals surface area contributed by atoms with Gasteiger partial charge in [0.2, 0.25) is 5.91 Å². The van der Waals surface area contributed by atoms with E-state index in [9.17, 15) is 4.79 Å². The number of benzene rings is 2. The van der Waals surface area contributed by atoms with Crippen LogP contribution in [0.25, 0.3) is 11.4 Å². The van der Waals surface area contributed by atoms with E-state index in [-0.39, 0.29) is 11.7 Å². The van der Waals surface area contributed by atoms with E-state index in [1.54, 1.807) is 7.11 Å². The third-order valence-corrected chi connectivity index (χ3v) is 4.96. The molecule has 0 fully saturated rings. The normalized spacial score (nSPS) is 10.6. The quantitative estimate of drug-likeness (QED) is 0.625. The number of nitrogens with zero attached hydrogens (tertiary/aromatic N) is 3. The van der Waals surface area contributed by atoms with Gasteiger partial charge in [-0.05, 0) is 43.7 Å². The van der Waals surface area contributed by atoms with Gasteiger partial charge in [-0.2, -0.15) is 0 Å². The zero-order valence-electron chi connectivity index (χ0n) is 15.6. The maximum absolute atomic E-state index is 12.3. The smallest absolute Gasteiger partial charge is 0.234 e. The SMILES string of the molecule is CCn1c(SCC(=O)Nc2cccc(C)c2)nnc1-c1cccc(OC)c1. The number of carbonyl (C=O) groups is 1. The first kappa shape index (κ1) is 19.0. The highest BCUT2D eigenvalue weighted by Crippen LogP contribution is 2.26. The van der Waals surface area contributed by atoms with E-state index in [4.69, 9.17) is 4.74 Å². The van der Waals surface area contributed by atoms with Crippen molar-refractivity contribution in [3.8, 4) is 17.1 Å². The molecule has 1 amide bonds. The van der Waals surface area contributed by atoms with Crippen LogP contribution in [0.3, 0.4) is 0 Å². The minimum absolute atomic E-state index is 0.0702. The van der Waals surface area contributed by atoms with Gasteiger partial charge in [-0.1, -0.05) is 36.0 Å². The molecule has 140 valence electrons. The fourth-order valence-electron chi connectivity index (χ4n) is 2.71. The molecule has 1 aromatic heterocycles. The Hall–Kier alpha value is -2.80. The number of hydrogen-bond donors (Lipinski definition) is 1. The number of amides is 1. The van der Waals surface area contributed by atoms with Crippen molar-refractivity contribution in [1.29, 1.82) is 0 Å². The first-order valence-electron chi connectivity index (χ1n) is 8.67. The van der Waals surface area contributed by atoms with Crippen LogP contribution in [0.1, 0.15) is 12.5 Å². The maximum Gasteiger partial charge on any atom is 0.234 e. The topological polar surface area (TPSA) is 69.0 Å². The number of rotatable bonds is 7. The maximum atomic E-state index is 12.3. The third-order valence-electron chi connectivity index (χ3n) is 4.00. The lowest BCUT2D eigenvalue weighted by atomic mass is 10.2. The summed E-state index contributed by atoms with van der Waals surface area (Å²) in [5.41, 5.74) is 2.84. The highest BCUT2D eigenvalue weighted by molar-refractivity contribution is 7.99. The average molecular weight is 382 g/mol. The number of methoxy groups -OCH3 is 1. The van der Waals surface area contributed by atoms with Gasteiger partial charge in [0.25, 0.3) is 0 Å². The Balaban J connectivity index is 1.70. The van der Waals surface area contributed by atoms with Crippen molar-refractivity contribution >= 4 is 23.4 Å². The minimum Gasteiger partial charge on any atom is -0.497 e. The zero-order chi connectivity index (χ0) is 19.2. The summed E-state index contributed by atoms with van der Waals surface area (Å²) < 4.78 is 7.28. The third kappa shape index (κ3) is 4.68. The van der Waals surface area contributed by atoms with Gasteiger partial charge in [0.05, 0.1) is 12.9 Å². The molecule has 2 aromatic carbocycles. The number of aryl methyl sites for hydroxylation is 1. The molecule has 6 nitrogen and oxygen atoms in total. The molecular formula is C20H22N4O2S. The minimum atomic E-state index is -0.0702. The van der Waals surface area contributed by atoms with E-state index in [1.807, 2.05) is 66.9 Å². The van der Waals surface area contributed by atoms with Crippen molar-refractivity contribution in [3.63, 3.8) is 0 Å². The molecule has 0 spiro atoms. The van der Waals surface area contributed by atoms with Gasteiger partial charge in [-0.25, -0.2) is 0 Å². The summed E-state index contributed by atoms with van der Waals surface area (Å²) >= 11 is 1.37. The van der Waals surface area contributed by atoms with Gasteiger partial charge in [0, 0.05) is 17.8 Å². The summed E-state index contributed by atoms with van der Waals surface area (Å²) in [6, 6.07) is 15.4. The van der Waals surface area contributed by atoms with Crippen LogP contribution in [0.15, 0.2) is 53.7 Å². The largest absolute Gasteiger partial charge is 0.497 e. The fourth-order valence-corrected chi connectivity index (χ4v) is 3.51. The van der Waals surface area contributed by atoms with E-state index in [1.165, 1.54) is 11.8 Å². The molecule has 0 saturated carbocycles. The van der Waals surface area contributed by atoms with Crippen LogP contribution in [-0.4, -0.2) is 33.5 Å². The van der Waals surface area contributed by atoms with Crippen LogP contribution in [0.2, 0.25) is 0 Å². The molecule has 0 atom stereocenters. The highest BCUT2D eigenvalue weighted by Gasteiger charge is 2.15. The van der Waals surface area contributed by atoms with Crippen LogP contribution < -0.4 is 10.1 Å². The van der Waals surface area contributed by atoms with E-state index < -0.39 is 0 Å². The van der Waals surface area contributed by atoms with Crippen LogP contribution in [-0.2, 0) is 11.3 Å². The number of carbonyl (C=O) groups excluding carboxylic acids is 1. The monoisotopic (exact) mass is 382 g/mol. The van der Waals surface area contributed by atoms with Crippen molar-refractivity contribution in [2.75, 3.05) is 18.2 Å². The van der Waals surface area contributed by atoms with E-state index in [0.29, 0.717) is 6.54 Å². The first-order valence-corrected chi connectivity index (χ1v) is 9.66. The predicted octanol–water partition coefficient (Wildman–Crippen LogP) is 4.01. The summed E-state index contributed by atoms with van der Waals surface area (Å²) in [6.07, 6.45) is 0. The van der Waals surface area contributed by atoms with Gasteiger partial charge < -0.3 is 14.6 Å². The number of ether oxygens (including phenoxy) is 1. The molecule has 3 rings (SSSR count). The molecule has 0 unspecified atom stereocenters. The number of anilines is 1. The van der Waals surface area contributed by atoms with Crippen LogP contribution in [0.4, 0.5) is 5.69 Å². The van der Waals surface area contributed by atoms with Crippen LogP contribution >= 0.6 is 11.8 Å². The van der Waals surface area contributed by atoms with E-state index in [0.717, 1.165) is 33.5 Å². The molecule has 0 saturated heterocycles. The fraction of sp³-hybridized carbons (Fsp3) is 0.250. The molecule has 27 heavy (non-hydrogen) atoms. The summed E-state index contributed by atoms with van der Waals surface area (Å²) in [6.45, 7) is 4.74. The van der Waals surface area contributed by atoms with Gasteiger partial charge in [0.1, 0.15) is 5.75 Å².